The van der Waals surface area contributed by atoms with E-state index in [0.29, 0.717) is 12.8 Å². The quantitative estimate of drug-likeness (QED) is 0.209. The second-order valence-electron chi connectivity index (χ2n) is 8.39. The van der Waals surface area contributed by atoms with Crippen LogP contribution in [0.3, 0.4) is 0 Å². The summed E-state index contributed by atoms with van der Waals surface area (Å²) in [5.41, 5.74) is -0.216. The van der Waals surface area contributed by atoms with Gasteiger partial charge in [0.1, 0.15) is 6.10 Å². The summed E-state index contributed by atoms with van der Waals surface area (Å²) < 4.78 is 27.1. The van der Waals surface area contributed by atoms with Gasteiger partial charge in [0.15, 0.2) is 17.8 Å². The molecule has 2 aliphatic heterocycles. The van der Waals surface area contributed by atoms with Gasteiger partial charge in [-0.3, -0.25) is 4.79 Å². The molecule has 0 aromatic heterocycles. The number of fused-ring (bicyclic) bond motifs is 1. The molecule has 9 nitrogen and oxygen atoms in total. The van der Waals surface area contributed by atoms with Crippen LogP contribution in [0.15, 0.2) is 35.5 Å². The standard InChI is InChI=1S/C23H28O9/c1-11-8-7-9-15(21(26)28-6)18(29-14(4)24)19(31-22(27)23(5)13(3)32-23)17-12(2)20(25)30-16(17)10-11/h9-10,13,16-19H,2,7-8H2,1,3-6H3/b11-10+,15-9-/t13-,16-,17+,18+,19-,23+/m1/s1. The predicted molar refractivity (Wildman–Crippen MR) is 110 cm³/mol. The number of epoxide rings is 1. The average molecular weight is 448 g/mol. The van der Waals surface area contributed by atoms with Crippen LogP contribution < -0.4 is 0 Å². The molecule has 9 heteroatoms. The molecule has 2 heterocycles. The highest BCUT2D eigenvalue weighted by Crippen LogP contribution is 2.41. The van der Waals surface area contributed by atoms with Gasteiger partial charge in [-0.2, -0.15) is 0 Å². The molecule has 0 aromatic carbocycles. The highest BCUT2D eigenvalue weighted by atomic mass is 16.7. The van der Waals surface area contributed by atoms with Gasteiger partial charge < -0.3 is 23.7 Å². The van der Waals surface area contributed by atoms with Crippen LogP contribution in [0.4, 0.5) is 0 Å². The minimum absolute atomic E-state index is 0.0102. The molecule has 6 atom stereocenters. The van der Waals surface area contributed by atoms with E-state index in [1.165, 1.54) is 14.0 Å². The van der Waals surface area contributed by atoms with Crippen molar-refractivity contribution in [1.29, 1.82) is 0 Å². The lowest BCUT2D eigenvalue weighted by molar-refractivity contribution is -0.173. The maximum Gasteiger partial charge on any atom is 0.341 e. The lowest BCUT2D eigenvalue weighted by Gasteiger charge is -2.33. The number of ether oxygens (including phenoxy) is 5. The molecule has 3 rings (SSSR count). The molecule has 0 spiro atoms. The molecule has 1 aliphatic carbocycles. The molecule has 0 unspecified atom stereocenters. The number of hydrogen-bond acceptors (Lipinski definition) is 9. The third kappa shape index (κ3) is 4.48. The van der Waals surface area contributed by atoms with Gasteiger partial charge in [-0.05, 0) is 39.7 Å². The Morgan fingerprint density at radius 1 is 1.25 bits per heavy atom. The van der Waals surface area contributed by atoms with Gasteiger partial charge in [0.25, 0.3) is 0 Å². The van der Waals surface area contributed by atoms with E-state index in [-0.39, 0.29) is 17.3 Å². The first-order valence-corrected chi connectivity index (χ1v) is 10.4. The number of rotatable bonds is 4. The normalized spacial score (nSPS) is 37.6. The van der Waals surface area contributed by atoms with Crippen molar-refractivity contribution in [3.63, 3.8) is 0 Å². The molecule has 0 amide bonds. The summed E-state index contributed by atoms with van der Waals surface area (Å²) in [6.07, 6.45) is 0.540. The number of allylic oxidation sites excluding steroid dienone is 2. The van der Waals surface area contributed by atoms with Crippen molar-refractivity contribution in [2.45, 2.75) is 70.6 Å². The summed E-state index contributed by atoms with van der Waals surface area (Å²) in [4.78, 5) is 50.0. The van der Waals surface area contributed by atoms with E-state index < -0.39 is 53.7 Å². The van der Waals surface area contributed by atoms with Crippen LogP contribution in [-0.2, 0) is 42.9 Å². The van der Waals surface area contributed by atoms with Crippen molar-refractivity contribution < 1.29 is 42.9 Å². The van der Waals surface area contributed by atoms with Crippen LogP contribution >= 0.6 is 0 Å². The van der Waals surface area contributed by atoms with Crippen molar-refractivity contribution in [3.05, 3.63) is 35.5 Å². The van der Waals surface area contributed by atoms with Gasteiger partial charge in [-0.1, -0.05) is 18.2 Å². The Morgan fingerprint density at radius 2 is 1.91 bits per heavy atom. The molecule has 2 fully saturated rings. The molecule has 2 saturated heterocycles. The largest absolute Gasteiger partial charge is 0.466 e. The van der Waals surface area contributed by atoms with E-state index in [1.54, 1.807) is 26.0 Å². The summed E-state index contributed by atoms with van der Waals surface area (Å²) in [7, 11) is 1.20. The number of hydrogen-bond donors (Lipinski definition) is 0. The zero-order valence-corrected chi connectivity index (χ0v) is 18.8. The third-order valence-electron chi connectivity index (χ3n) is 6.07. The highest BCUT2D eigenvalue weighted by Gasteiger charge is 2.59. The van der Waals surface area contributed by atoms with Crippen LogP contribution in [0.1, 0.15) is 40.5 Å². The SMILES string of the molecule is C=C1C(=O)O[C@@H]2/C=C(\C)CC/C=C(\C(=O)OC)[C@H](OC(C)=O)[C@H](OC(=O)[C@@]3(C)O[C@@H]3C)[C@@H]12. The van der Waals surface area contributed by atoms with E-state index in [9.17, 15) is 19.2 Å². The second kappa shape index (κ2) is 8.90. The maximum absolute atomic E-state index is 13.0. The van der Waals surface area contributed by atoms with Crippen LogP contribution in [0, 0.1) is 5.92 Å². The smallest absolute Gasteiger partial charge is 0.341 e. The van der Waals surface area contributed by atoms with Crippen LogP contribution in [0.5, 0.6) is 0 Å². The lowest BCUT2D eigenvalue weighted by Crippen LogP contribution is -2.47. The van der Waals surface area contributed by atoms with Gasteiger partial charge in [0, 0.05) is 12.5 Å². The first kappa shape index (κ1) is 23.7. The molecule has 0 bridgehead atoms. The number of carbonyl (C=O) groups is 4. The average Bonchev–Trinajstić information content (AvgIpc) is 3.25. The molecular formula is C23H28O9. The molecule has 0 aromatic rings. The van der Waals surface area contributed by atoms with Gasteiger partial charge in [-0.15, -0.1) is 0 Å². The lowest BCUT2D eigenvalue weighted by atomic mass is 9.83. The van der Waals surface area contributed by atoms with Crippen LogP contribution in [0.2, 0.25) is 0 Å². The zero-order chi connectivity index (χ0) is 23.8. The van der Waals surface area contributed by atoms with Crippen molar-refractivity contribution >= 4 is 23.9 Å². The molecule has 32 heavy (non-hydrogen) atoms. The van der Waals surface area contributed by atoms with Gasteiger partial charge in [0.2, 0.25) is 0 Å². The zero-order valence-electron chi connectivity index (χ0n) is 18.8. The minimum Gasteiger partial charge on any atom is -0.466 e. The Kier molecular flexibility index (Phi) is 6.59. The van der Waals surface area contributed by atoms with Crippen LogP contribution in [-0.4, -0.2) is 61.0 Å². The minimum atomic E-state index is -1.34. The van der Waals surface area contributed by atoms with Crippen LogP contribution in [0.25, 0.3) is 0 Å². The van der Waals surface area contributed by atoms with Crippen molar-refractivity contribution in [2.24, 2.45) is 5.92 Å². The third-order valence-corrected chi connectivity index (χ3v) is 6.07. The van der Waals surface area contributed by atoms with E-state index in [2.05, 4.69) is 6.58 Å². The van der Waals surface area contributed by atoms with Gasteiger partial charge in [0.05, 0.1) is 24.7 Å². The first-order chi connectivity index (χ1) is 15.0. The summed E-state index contributed by atoms with van der Waals surface area (Å²) in [6, 6.07) is 0. The first-order valence-electron chi connectivity index (χ1n) is 10.4. The molecular weight excluding hydrogens is 420 g/mol. The van der Waals surface area contributed by atoms with E-state index in [4.69, 9.17) is 23.7 Å². The Hall–Kier alpha value is -2.94. The monoisotopic (exact) mass is 448 g/mol. The van der Waals surface area contributed by atoms with Crippen molar-refractivity contribution in [3.8, 4) is 0 Å². The Balaban J connectivity index is 2.14. The van der Waals surface area contributed by atoms with E-state index in [0.717, 1.165) is 5.57 Å². The van der Waals surface area contributed by atoms with Crippen molar-refractivity contribution in [1.82, 2.24) is 0 Å². The summed E-state index contributed by atoms with van der Waals surface area (Å²) in [6.45, 7) is 10.2. The molecule has 3 aliphatic rings. The number of esters is 4. The topological polar surface area (TPSA) is 118 Å². The fourth-order valence-electron chi connectivity index (χ4n) is 3.98. The highest BCUT2D eigenvalue weighted by molar-refractivity contribution is 5.93. The number of carbonyl (C=O) groups excluding carboxylic acids is 4. The molecule has 0 N–H and O–H groups in total. The predicted octanol–water partition coefficient (Wildman–Crippen LogP) is 1.94. The number of methoxy groups -OCH3 is 1. The summed E-state index contributed by atoms with van der Waals surface area (Å²) in [5, 5.41) is 0. The Labute approximate surface area is 186 Å². The van der Waals surface area contributed by atoms with E-state index in [1.807, 2.05) is 6.92 Å². The summed E-state index contributed by atoms with van der Waals surface area (Å²) >= 11 is 0. The molecule has 0 radical (unpaired) electrons. The van der Waals surface area contributed by atoms with Gasteiger partial charge in [-0.25, -0.2) is 14.4 Å². The maximum atomic E-state index is 13.0. The van der Waals surface area contributed by atoms with Gasteiger partial charge >= 0.3 is 23.9 Å². The fraction of sp³-hybridized carbons (Fsp3) is 0.565. The Bertz CT molecular complexity index is 914. The van der Waals surface area contributed by atoms with Crippen molar-refractivity contribution in [2.75, 3.05) is 7.11 Å². The second-order valence-corrected chi connectivity index (χ2v) is 8.39. The summed E-state index contributed by atoms with van der Waals surface area (Å²) in [5.74, 6) is -3.70. The molecule has 0 saturated carbocycles. The fourth-order valence-corrected chi connectivity index (χ4v) is 3.98. The Morgan fingerprint density at radius 3 is 2.47 bits per heavy atom. The van der Waals surface area contributed by atoms with E-state index >= 15 is 0 Å². The molecule has 174 valence electrons.